The number of methoxy groups -OCH3 is 1. The van der Waals surface area contributed by atoms with Gasteiger partial charge in [-0.3, -0.25) is 9.59 Å². The quantitative estimate of drug-likeness (QED) is 0.684. The third-order valence-electron chi connectivity index (χ3n) is 9.42. The molecule has 1 N–H and O–H groups in total. The fourth-order valence-electron chi connectivity index (χ4n) is 7.99. The van der Waals surface area contributed by atoms with Gasteiger partial charge in [0.15, 0.2) is 17.2 Å². The van der Waals surface area contributed by atoms with Crippen molar-refractivity contribution in [3.63, 3.8) is 0 Å². The van der Waals surface area contributed by atoms with E-state index in [0.717, 1.165) is 5.57 Å². The first-order valence-electron chi connectivity index (χ1n) is 11.2. The smallest absolute Gasteiger partial charge is 0.272 e. The molecule has 0 aromatic rings. The van der Waals surface area contributed by atoms with Crippen LogP contribution in [0.4, 0.5) is 4.39 Å². The number of aliphatic hydroxyl groups is 1. The van der Waals surface area contributed by atoms with Crippen LogP contribution in [-0.2, 0) is 23.8 Å². The van der Waals surface area contributed by atoms with Crippen LogP contribution in [0, 0.1) is 28.6 Å². The largest absolute Gasteiger partial charge is 0.390 e. The maximum atomic E-state index is 17.2. The molecule has 1 aliphatic heterocycles. The van der Waals surface area contributed by atoms with Gasteiger partial charge in [0, 0.05) is 23.9 Å². The van der Waals surface area contributed by atoms with E-state index < -0.39 is 40.6 Å². The van der Waals surface area contributed by atoms with Crippen LogP contribution in [0.1, 0.15) is 46.5 Å². The minimum Gasteiger partial charge on any atom is -0.390 e. The molecule has 4 aliphatic carbocycles. The lowest BCUT2D eigenvalue weighted by Gasteiger charge is -2.63. The van der Waals surface area contributed by atoms with Gasteiger partial charge in [0.2, 0.25) is 0 Å². The molecular weight excluding hydrogens is 403 g/mol. The van der Waals surface area contributed by atoms with Gasteiger partial charge in [-0.15, -0.1) is 0 Å². The second-order valence-corrected chi connectivity index (χ2v) is 10.5. The van der Waals surface area contributed by atoms with Crippen molar-refractivity contribution in [2.45, 2.75) is 70.3 Å². The minimum absolute atomic E-state index is 0.0990. The fourth-order valence-corrected chi connectivity index (χ4v) is 7.99. The van der Waals surface area contributed by atoms with Crippen molar-refractivity contribution in [3.8, 4) is 0 Å². The zero-order valence-corrected chi connectivity index (χ0v) is 18.5. The van der Waals surface area contributed by atoms with Gasteiger partial charge in [-0.05, 0) is 56.6 Å². The summed E-state index contributed by atoms with van der Waals surface area (Å²) in [7, 11) is 1.46. The van der Waals surface area contributed by atoms with Crippen LogP contribution in [0.15, 0.2) is 23.8 Å². The highest BCUT2D eigenvalue weighted by atomic mass is 19.1. The number of hydrogen-bond acceptors (Lipinski definition) is 6. The Kier molecular flexibility index (Phi) is 4.54. The molecule has 0 aromatic carbocycles. The maximum absolute atomic E-state index is 17.2. The zero-order chi connectivity index (χ0) is 22.4. The number of ketones is 2. The predicted octanol–water partition coefficient (Wildman–Crippen LogP) is 2.89. The lowest BCUT2D eigenvalue weighted by molar-refractivity contribution is -0.357. The zero-order valence-electron chi connectivity index (χ0n) is 18.5. The molecule has 4 fully saturated rings. The first kappa shape index (κ1) is 21.4. The number of hydrogen-bond donors (Lipinski definition) is 1. The highest BCUT2D eigenvalue weighted by Gasteiger charge is 2.77. The van der Waals surface area contributed by atoms with E-state index >= 15 is 4.39 Å². The molecule has 1 unspecified atom stereocenters. The summed E-state index contributed by atoms with van der Waals surface area (Å²) >= 11 is 0. The fraction of sp³-hybridized carbons (Fsp3) is 0.750. The molecule has 5 aliphatic rings. The third kappa shape index (κ3) is 2.36. The van der Waals surface area contributed by atoms with Crippen LogP contribution in [0.2, 0.25) is 0 Å². The SMILES string of the molecule is COC1OCC(=O)[C@@]2(O1)[C@H](C)C[C@H]1[C@@H]3CCC4=CC(=O)C=C[C@]4(C)[C@@]3(F)[C@@H](O)C[C@@]12C. The normalized spacial score (nSPS) is 53.7. The van der Waals surface area contributed by atoms with Gasteiger partial charge >= 0.3 is 0 Å². The van der Waals surface area contributed by atoms with Crippen molar-refractivity contribution in [2.75, 3.05) is 13.7 Å². The molecular formula is C24H31FO6. The second kappa shape index (κ2) is 6.56. The van der Waals surface area contributed by atoms with Crippen molar-refractivity contribution >= 4 is 11.6 Å². The van der Waals surface area contributed by atoms with Crippen molar-refractivity contribution in [2.24, 2.45) is 28.6 Å². The summed E-state index contributed by atoms with van der Waals surface area (Å²) < 4.78 is 34.0. The number of carbonyl (C=O) groups is 2. The number of Topliss-reactive ketones (excluding diaryl/α,β-unsaturated/α-hetero) is 1. The summed E-state index contributed by atoms with van der Waals surface area (Å²) in [6, 6.07) is 0. The molecule has 0 aromatic heterocycles. The number of alkyl halides is 1. The second-order valence-electron chi connectivity index (χ2n) is 10.5. The highest BCUT2D eigenvalue weighted by Crippen LogP contribution is 2.71. The molecule has 31 heavy (non-hydrogen) atoms. The van der Waals surface area contributed by atoms with Crippen molar-refractivity contribution in [1.29, 1.82) is 0 Å². The monoisotopic (exact) mass is 434 g/mol. The van der Waals surface area contributed by atoms with Crippen LogP contribution < -0.4 is 0 Å². The topological polar surface area (TPSA) is 82.1 Å². The van der Waals surface area contributed by atoms with Crippen molar-refractivity contribution in [3.05, 3.63) is 23.8 Å². The summed E-state index contributed by atoms with van der Waals surface area (Å²) in [5, 5.41) is 11.4. The molecule has 5 rings (SSSR count). The Morgan fingerprint density at radius 1 is 1.26 bits per heavy atom. The van der Waals surface area contributed by atoms with Gasteiger partial charge in [0.1, 0.15) is 12.2 Å². The summed E-state index contributed by atoms with van der Waals surface area (Å²) in [4.78, 5) is 25.2. The number of allylic oxidation sites excluding steroid dienone is 4. The van der Waals surface area contributed by atoms with E-state index in [1.807, 2.05) is 13.8 Å². The first-order chi connectivity index (χ1) is 14.5. The van der Waals surface area contributed by atoms with E-state index in [2.05, 4.69) is 0 Å². The molecule has 1 heterocycles. The van der Waals surface area contributed by atoms with Gasteiger partial charge < -0.3 is 19.3 Å². The Balaban J connectivity index is 1.61. The summed E-state index contributed by atoms with van der Waals surface area (Å²) in [5.41, 5.74) is -4.15. The number of halogens is 1. The van der Waals surface area contributed by atoms with Crippen LogP contribution in [-0.4, -0.2) is 54.2 Å². The average Bonchev–Trinajstić information content (AvgIpc) is 2.93. The molecule has 6 nitrogen and oxygen atoms in total. The van der Waals surface area contributed by atoms with Gasteiger partial charge in [0.05, 0.1) is 6.10 Å². The number of rotatable bonds is 1. The van der Waals surface area contributed by atoms with E-state index in [1.54, 1.807) is 13.0 Å². The van der Waals surface area contributed by atoms with Gasteiger partial charge in [-0.2, -0.15) is 0 Å². The molecule has 1 saturated heterocycles. The van der Waals surface area contributed by atoms with Gasteiger partial charge in [0.25, 0.3) is 6.48 Å². The molecule has 7 heteroatoms. The average molecular weight is 435 g/mol. The minimum atomic E-state index is -1.92. The predicted molar refractivity (Wildman–Crippen MR) is 108 cm³/mol. The number of carbonyl (C=O) groups excluding carboxylic acids is 2. The van der Waals surface area contributed by atoms with E-state index in [-0.39, 0.29) is 36.4 Å². The molecule has 0 bridgehead atoms. The molecule has 0 radical (unpaired) electrons. The lowest BCUT2D eigenvalue weighted by Crippen LogP contribution is -2.71. The lowest BCUT2D eigenvalue weighted by atomic mass is 9.44. The Hall–Kier alpha value is -1.41. The van der Waals surface area contributed by atoms with Gasteiger partial charge in [-0.1, -0.05) is 25.5 Å². The van der Waals surface area contributed by atoms with Crippen LogP contribution in [0.25, 0.3) is 0 Å². The van der Waals surface area contributed by atoms with Crippen LogP contribution in [0.3, 0.4) is 0 Å². The third-order valence-corrected chi connectivity index (χ3v) is 9.42. The maximum Gasteiger partial charge on any atom is 0.272 e. The van der Waals surface area contributed by atoms with Crippen LogP contribution in [0.5, 0.6) is 0 Å². The standard InChI is InChI=1S/C24H31FO6/c1-13-9-17-16-6-5-14-10-15(26)7-8-21(14,2)23(16,25)18(27)11-22(17,3)24(13)19(28)12-30-20(29-4)31-24/h7-8,10,13,16-18,20,27H,5-6,9,11-12H2,1-4H3/t13-,16+,17+,18+,20?,21+,22+,23+,24+/m1/s1. The van der Waals surface area contributed by atoms with Gasteiger partial charge in [-0.25, -0.2) is 4.39 Å². The molecule has 0 amide bonds. The Morgan fingerprint density at radius 2 is 2.00 bits per heavy atom. The van der Waals surface area contributed by atoms with E-state index in [4.69, 9.17) is 14.2 Å². The molecule has 1 spiro atoms. The molecule has 170 valence electrons. The van der Waals surface area contributed by atoms with Crippen LogP contribution >= 0.6 is 0 Å². The van der Waals surface area contributed by atoms with Crippen molar-refractivity contribution < 1.29 is 33.3 Å². The molecule has 9 atom stereocenters. The highest BCUT2D eigenvalue weighted by molar-refractivity contribution is 6.01. The number of fused-ring (bicyclic) bond motifs is 6. The van der Waals surface area contributed by atoms with E-state index in [0.29, 0.717) is 19.3 Å². The number of aliphatic hydroxyl groups excluding tert-OH is 1. The summed E-state index contributed by atoms with van der Waals surface area (Å²) in [6.07, 6.45) is 5.15. The first-order valence-corrected chi connectivity index (χ1v) is 11.2. The summed E-state index contributed by atoms with van der Waals surface area (Å²) in [6.45, 7) is 4.65. The Labute approximate surface area is 181 Å². The van der Waals surface area contributed by atoms with Crippen molar-refractivity contribution in [1.82, 2.24) is 0 Å². The Morgan fingerprint density at radius 3 is 2.71 bits per heavy atom. The number of ether oxygens (including phenoxy) is 3. The molecule has 3 saturated carbocycles. The summed E-state index contributed by atoms with van der Waals surface area (Å²) in [5.74, 6) is -1.07. The van der Waals surface area contributed by atoms with E-state index in [9.17, 15) is 14.7 Å². The Bertz CT molecular complexity index is 899. The van der Waals surface area contributed by atoms with E-state index in [1.165, 1.54) is 19.3 Å².